The second-order valence-electron chi connectivity index (χ2n) is 8.84. The lowest BCUT2D eigenvalue weighted by Crippen LogP contribution is -2.13. The lowest BCUT2D eigenvalue weighted by atomic mass is 10.1. The van der Waals surface area contributed by atoms with Gasteiger partial charge in [0.25, 0.3) is 0 Å². The fourth-order valence-electron chi connectivity index (χ4n) is 3.61. The predicted molar refractivity (Wildman–Crippen MR) is 155 cm³/mol. The molecule has 0 heterocycles. The summed E-state index contributed by atoms with van der Waals surface area (Å²) >= 11 is 0. The molecule has 0 radical (unpaired) electrons. The zero-order chi connectivity index (χ0) is 29.4. The minimum absolute atomic E-state index is 0.0333. The van der Waals surface area contributed by atoms with Crippen molar-refractivity contribution in [1.82, 2.24) is 0 Å². The molecule has 0 aliphatic rings. The molecule has 0 spiro atoms. The molecule has 0 aliphatic heterocycles. The van der Waals surface area contributed by atoms with Gasteiger partial charge < -0.3 is 27.9 Å². The Kier molecular flexibility index (Phi) is 14.2. The quantitative estimate of drug-likeness (QED) is 0.0658. The molecule has 222 valence electrons. The van der Waals surface area contributed by atoms with Crippen LogP contribution >= 0.6 is 0 Å². The van der Waals surface area contributed by atoms with E-state index in [0.717, 1.165) is 24.8 Å². The summed E-state index contributed by atoms with van der Waals surface area (Å²) in [5, 5.41) is 0. The van der Waals surface area contributed by atoms with E-state index >= 15 is 0 Å². The third-order valence-corrected chi connectivity index (χ3v) is 6.89. The predicted octanol–water partition coefficient (Wildman–Crippen LogP) is 5.94. The standard InChI is InChI=1S/C30H42O9S/c1-6-10-17-37-28-20-23(21-29(35-8-3)30(31)36-9-4)12-15-26(28)38-18-16-24-13-14-25(22-27(24)34-5)39-40(32,33)19-11-7-2/h12-15,20-22H,6-11,16-19H2,1-5H3/b29-21-. The molecule has 0 bridgehead atoms. The smallest absolute Gasteiger partial charge is 0.373 e. The highest BCUT2D eigenvalue weighted by Crippen LogP contribution is 2.31. The van der Waals surface area contributed by atoms with Crippen LogP contribution in [0.15, 0.2) is 42.2 Å². The van der Waals surface area contributed by atoms with E-state index in [1.54, 1.807) is 50.3 Å². The monoisotopic (exact) mass is 578 g/mol. The number of unbranched alkanes of at least 4 members (excludes halogenated alkanes) is 2. The number of carbonyl (C=O) groups excluding carboxylic acids is 1. The molecule has 0 unspecified atom stereocenters. The van der Waals surface area contributed by atoms with Gasteiger partial charge in [-0.25, -0.2) is 4.79 Å². The molecule has 0 aromatic heterocycles. The number of ether oxygens (including phenoxy) is 5. The first-order valence-electron chi connectivity index (χ1n) is 13.8. The van der Waals surface area contributed by atoms with Crippen molar-refractivity contribution in [3.63, 3.8) is 0 Å². The number of hydrogen-bond donors (Lipinski definition) is 0. The second kappa shape index (κ2) is 17.3. The number of esters is 1. The minimum Gasteiger partial charge on any atom is -0.496 e. The van der Waals surface area contributed by atoms with Crippen molar-refractivity contribution in [2.24, 2.45) is 0 Å². The number of rotatable bonds is 19. The molecule has 40 heavy (non-hydrogen) atoms. The molecule has 0 saturated carbocycles. The maximum atomic E-state index is 12.2. The van der Waals surface area contributed by atoms with E-state index in [2.05, 4.69) is 6.92 Å². The number of benzene rings is 2. The van der Waals surface area contributed by atoms with Crippen molar-refractivity contribution in [2.75, 3.05) is 39.3 Å². The number of carbonyl (C=O) groups is 1. The van der Waals surface area contributed by atoms with Gasteiger partial charge in [-0.1, -0.05) is 38.8 Å². The van der Waals surface area contributed by atoms with Crippen LogP contribution in [0.3, 0.4) is 0 Å². The van der Waals surface area contributed by atoms with Crippen LogP contribution in [0.1, 0.15) is 64.5 Å². The highest BCUT2D eigenvalue weighted by Gasteiger charge is 2.16. The zero-order valence-electron chi connectivity index (χ0n) is 24.2. The summed E-state index contributed by atoms with van der Waals surface area (Å²) in [6.07, 6.45) is 5.28. The summed E-state index contributed by atoms with van der Waals surface area (Å²) in [6, 6.07) is 10.3. The molecule has 10 heteroatoms. The highest BCUT2D eigenvalue weighted by molar-refractivity contribution is 7.87. The van der Waals surface area contributed by atoms with Gasteiger partial charge in [0.15, 0.2) is 11.5 Å². The van der Waals surface area contributed by atoms with Crippen LogP contribution in [0.25, 0.3) is 6.08 Å². The van der Waals surface area contributed by atoms with Gasteiger partial charge in [0, 0.05) is 12.5 Å². The van der Waals surface area contributed by atoms with Gasteiger partial charge in [0.05, 0.1) is 39.3 Å². The lowest BCUT2D eigenvalue weighted by molar-refractivity contribution is -0.142. The van der Waals surface area contributed by atoms with Crippen LogP contribution in [0.2, 0.25) is 0 Å². The second-order valence-corrected chi connectivity index (χ2v) is 10.5. The summed E-state index contributed by atoms with van der Waals surface area (Å²) in [7, 11) is -2.13. The van der Waals surface area contributed by atoms with E-state index in [4.69, 9.17) is 27.9 Å². The average molecular weight is 579 g/mol. The van der Waals surface area contributed by atoms with E-state index in [-0.39, 0.29) is 23.9 Å². The summed E-state index contributed by atoms with van der Waals surface area (Å²) in [5.41, 5.74) is 1.55. The molecule has 0 saturated heterocycles. The van der Waals surface area contributed by atoms with Gasteiger partial charge in [0.2, 0.25) is 5.76 Å². The first-order valence-corrected chi connectivity index (χ1v) is 15.3. The van der Waals surface area contributed by atoms with E-state index in [0.29, 0.717) is 55.5 Å². The average Bonchev–Trinajstić information content (AvgIpc) is 2.93. The maximum Gasteiger partial charge on any atom is 0.373 e. The van der Waals surface area contributed by atoms with E-state index in [1.807, 2.05) is 13.0 Å². The number of methoxy groups -OCH3 is 1. The summed E-state index contributed by atoms with van der Waals surface area (Å²) in [5.74, 6) is 1.39. The zero-order valence-corrected chi connectivity index (χ0v) is 25.0. The Morgan fingerprint density at radius 1 is 0.825 bits per heavy atom. The van der Waals surface area contributed by atoms with E-state index in [1.165, 1.54) is 7.11 Å². The normalized spacial score (nSPS) is 11.6. The molecule has 9 nitrogen and oxygen atoms in total. The van der Waals surface area contributed by atoms with Crippen LogP contribution in [-0.4, -0.2) is 53.7 Å². The molecule has 2 rings (SSSR count). The molecular weight excluding hydrogens is 536 g/mol. The van der Waals surface area contributed by atoms with Crippen molar-refractivity contribution >= 4 is 22.2 Å². The van der Waals surface area contributed by atoms with Crippen molar-refractivity contribution in [3.05, 3.63) is 53.3 Å². The van der Waals surface area contributed by atoms with E-state index in [9.17, 15) is 13.2 Å². The Balaban J connectivity index is 2.17. The summed E-state index contributed by atoms with van der Waals surface area (Å²) in [4.78, 5) is 12.2. The van der Waals surface area contributed by atoms with Gasteiger partial charge >= 0.3 is 16.1 Å². The molecule has 0 atom stereocenters. The van der Waals surface area contributed by atoms with Crippen molar-refractivity contribution in [1.29, 1.82) is 0 Å². The molecule has 0 fully saturated rings. The van der Waals surface area contributed by atoms with E-state index < -0.39 is 16.1 Å². The highest BCUT2D eigenvalue weighted by atomic mass is 32.2. The van der Waals surface area contributed by atoms with Gasteiger partial charge in [-0.2, -0.15) is 8.42 Å². The molecule has 2 aromatic rings. The third-order valence-electron chi connectivity index (χ3n) is 5.66. The van der Waals surface area contributed by atoms with Gasteiger partial charge in [-0.3, -0.25) is 0 Å². The topological polar surface area (TPSA) is 107 Å². The molecule has 0 N–H and O–H groups in total. The Labute approximate surface area is 238 Å². The first-order chi connectivity index (χ1) is 19.3. The molecule has 0 aliphatic carbocycles. The van der Waals surface area contributed by atoms with Crippen LogP contribution in [0.4, 0.5) is 0 Å². The van der Waals surface area contributed by atoms with Crippen LogP contribution in [0.5, 0.6) is 23.0 Å². The summed E-state index contributed by atoms with van der Waals surface area (Å²) in [6.45, 7) is 8.96. The largest absolute Gasteiger partial charge is 0.496 e. The van der Waals surface area contributed by atoms with Gasteiger partial charge in [-0.05, 0) is 62.1 Å². The fourth-order valence-corrected chi connectivity index (χ4v) is 4.73. The van der Waals surface area contributed by atoms with Crippen molar-refractivity contribution < 1.29 is 41.1 Å². The SMILES string of the molecule is CCCCOc1cc(/C=C(\OCC)C(=O)OCC)ccc1OCCc1ccc(OS(=O)(=O)CCCC)cc1OC. The lowest BCUT2D eigenvalue weighted by Gasteiger charge is -2.15. The fraction of sp³-hybridized carbons (Fsp3) is 0.500. The van der Waals surface area contributed by atoms with Gasteiger partial charge in [0.1, 0.15) is 11.5 Å². The Morgan fingerprint density at radius 3 is 2.23 bits per heavy atom. The van der Waals surface area contributed by atoms with Crippen LogP contribution in [0, 0.1) is 0 Å². The van der Waals surface area contributed by atoms with Crippen molar-refractivity contribution in [2.45, 2.75) is 59.8 Å². The Hall–Kier alpha value is -3.40. The van der Waals surface area contributed by atoms with Crippen LogP contribution in [-0.2, 0) is 30.8 Å². The third kappa shape index (κ3) is 11.0. The Bertz CT molecular complexity index is 1210. The number of hydrogen-bond acceptors (Lipinski definition) is 9. The van der Waals surface area contributed by atoms with Crippen LogP contribution < -0.4 is 18.4 Å². The first kappa shape index (κ1) is 32.8. The summed E-state index contributed by atoms with van der Waals surface area (Å²) < 4.78 is 57.6. The minimum atomic E-state index is -3.66. The maximum absolute atomic E-state index is 12.2. The van der Waals surface area contributed by atoms with Crippen molar-refractivity contribution in [3.8, 4) is 23.0 Å². The Morgan fingerprint density at radius 2 is 1.55 bits per heavy atom. The molecular formula is C30H42O9S. The van der Waals surface area contributed by atoms with Gasteiger partial charge in [-0.15, -0.1) is 0 Å². The molecule has 0 amide bonds. The molecule has 2 aromatic carbocycles.